The molecule has 0 spiro atoms. The first kappa shape index (κ1) is 15.4. The molecule has 0 unspecified atom stereocenters. The van der Waals surface area contributed by atoms with Gasteiger partial charge in [-0.15, -0.1) is 0 Å². The van der Waals surface area contributed by atoms with Crippen LogP contribution in [0, 0.1) is 11.3 Å². The molecule has 2 nitrogen and oxygen atoms in total. The molecule has 0 saturated carbocycles. The van der Waals surface area contributed by atoms with Gasteiger partial charge in [-0.3, -0.25) is 0 Å². The molecule has 0 fully saturated rings. The van der Waals surface area contributed by atoms with Crippen molar-refractivity contribution in [3.63, 3.8) is 0 Å². The molecule has 2 aromatic carbocycles. The fraction of sp³-hybridized carbons (Fsp3) is 0.118. The van der Waals surface area contributed by atoms with E-state index in [1.807, 2.05) is 25.1 Å². The average molecular weight is 318 g/mol. The van der Waals surface area contributed by atoms with Gasteiger partial charge in [0, 0.05) is 5.02 Å². The number of benzene rings is 2. The number of nitriles is 1. The first-order valence-corrected chi connectivity index (χ1v) is 7.19. The van der Waals surface area contributed by atoms with Crippen LogP contribution >= 0.6 is 23.2 Å². The van der Waals surface area contributed by atoms with Crippen LogP contribution in [0.2, 0.25) is 10.0 Å². The molecule has 0 bridgehead atoms. The van der Waals surface area contributed by atoms with Crippen molar-refractivity contribution in [3.05, 3.63) is 63.6 Å². The van der Waals surface area contributed by atoms with Crippen LogP contribution in [-0.2, 0) is 0 Å². The molecule has 21 heavy (non-hydrogen) atoms. The van der Waals surface area contributed by atoms with E-state index in [1.54, 1.807) is 30.3 Å². The summed E-state index contributed by atoms with van der Waals surface area (Å²) >= 11 is 12.0. The predicted molar refractivity (Wildman–Crippen MR) is 87.6 cm³/mol. The van der Waals surface area contributed by atoms with Crippen molar-refractivity contribution in [2.24, 2.45) is 0 Å². The van der Waals surface area contributed by atoms with Gasteiger partial charge in [0.1, 0.15) is 5.75 Å². The lowest BCUT2D eigenvalue weighted by Crippen LogP contribution is -1.92. The summed E-state index contributed by atoms with van der Waals surface area (Å²) in [4.78, 5) is 0. The van der Waals surface area contributed by atoms with Crippen molar-refractivity contribution in [1.29, 1.82) is 5.26 Å². The molecule has 106 valence electrons. The monoisotopic (exact) mass is 317 g/mol. The first-order chi connectivity index (χ1) is 10.1. The lowest BCUT2D eigenvalue weighted by atomic mass is 10.0. The van der Waals surface area contributed by atoms with E-state index in [2.05, 4.69) is 6.07 Å². The van der Waals surface area contributed by atoms with Crippen LogP contribution in [0.5, 0.6) is 5.75 Å². The van der Waals surface area contributed by atoms with E-state index in [9.17, 15) is 5.26 Å². The van der Waals surface area contributed by atoms with Gasteiger partial charge in [-0.1, -0.05) is 41.4 Å². The average Bonchev–Trinajstić information content (AvgIpc) is 2.48. The molecule has 0 aliphatic rings. The van der Waals surface area contributed by atoms with E-state index in [-0.39, 0.29) is 0 Å². The molecule has 2 aromatic rings. The van der Waals surface area contributed by atoms with Gasteiger partial charge in [0.05, 0.1) is 23.3 Å². The SMILES string of the molecule is CCOc1ccc(C=C(C#N)c2ccc(Cl)cc2)cc1Cl. The van der Waals surface area contributed by atoms with E-state index >= 15 is 0 Å². The quantitative estimate of drug-likeness (QED) is 0.554. The minimum absolute atomic E-state index is 0.527. The summed E-state index contributed by atoms with van der Waals surface area (Å²) in [5.74, 6) is 0.640. The fourth-order valence-electron chi connectivity index (χ4n) is 1.86. The summed E-state index contributed by atoms with van der Waals surface area (Å²) in [6.07, 6.45) is 1.78. The van der Waals surface area contributed by atoms with Gasteiger partial charge < -0.3 is 4.74 Å². The van der Waals surface area contributed by atoms with E-state index in [4.69, 9.17) is 27.9 Å². The van der Waals surface area contributed by atoms with Crippen LogP contribution in [0.1, 0.15) is 18.1 Å². The molecular formula is C17H13Cl2NO. The molecule has 0 aliphatic heterocycles. The van der Waals surface area contributed by atoms with Gasteiger partial charge in [-0.2, -0.15) is 5.26 Å². The summed E-state index contributed by atoms with van der Waals surface area (Å²) in [6, 6.07) is 14.8. The van der Waals surface area contributed by atoms with E-state index in [0.29, 0.717) is 28.0 Å². The third kappa shape index (κ3) is 4.01. The van der Waals surface area contributed by atoms with Crippen molar-refractivity contribution < 1.29 is 4.74 Å². The molecule has 2 rings (SSSR count). The van der Waals surface area contributed by atoms with E-state index in [0.717, 1.165) is 11.1 Å². The zero-order chi connectivity index (χ0) is 15.2. The minimum Gasteiger partial charge on any atom is -0.492 e. The van der Waals surface area contributed by atoms with Gasteiger partial charge in [0.2, 0.25) is 0 Å². The normalized spacial score (nSPS) is 11.0. The van der Waals surface area contributed by atoms with Gasteiger partial charge in [0.25, 0.3) is 0 Å². The van der Waals surface area contributed by atoms with Crippen molar-refractivity contribution >= 4 is 34.9 Å². The number of nitrogens with zero attached hydrogens (tertiary/aromatic N) is 1. The number of allylic oxidation sites excluding steroid dienone is 1. The summed E-state index contributed by atoms with van der Waals surface area (Å²) in [5, 5.41) is 10.5. The lowest BCUT2D eigenvalue weighted by Gasteiger charge is -2.06. The van der Waals surface area contributed by atoms with E-state index < -0.39 is 0 Å². The Morgan fingerprint density at radius 3 is 2.48 bits per heavy atom. The van der Waals surface area contributed by atoms with Crippen LogP contribution in [0.25, 0.3) is 11.6 Å². The van der Waals surface area contributed by atoms with E-state index in [1.165, 1.54) is 0 Å². The lowest BCUT2D eigenvalue weighted by molar-refractivity contribution is 0.340. The van der Waals surface area contributed by atoms with Crippen LogP contribution in [-0.4, -0.2) is 6.61 Å². The zero-order valence-electron chi connectivity index (χ0n) is 11.4. The Morgan fingerprint density at radius 2 is 1.90 bits per heavy atom. The fourth-order valence-corrected chi connectivity index (χ4v) is 2.23. The van der Waals surface area contributed by atoms with Crippen molar-refractivity contribution in [3.8, 4) is 11.8 Å². The molecular weight excluding hydrogens is 305 g/mol. The molecule has 0 amide bonds. The second-order valence-corrected chi connectivity index (χ2v) is 5.14. The maximum Gasteiger partial charge on any atom is 0.137 e. The van der Waals surface area contributed by atoms with Gasteiger partial charge in [-0.05, 0) is 48.4 Å². The first-order valence-electron chi connectivity index (χ1n) is 6.44. The molecule has 0 atom stereocenters. The van der Waals surface area contributed by atoms with Crippen LogP contribution in [0.3, 0.4) is 0 Å². The Hall–Kier alpha value is -1.95. The third-order valence-corrected chi connectivity index (χ3v) is 3.39. The molecule has 0 saturated heterocycles. The Balaban J connectivity index is 2.34. The topological polar surface area (TPSA) is 33.0 Å². The molecule has 0 N–H and O–H groups in total. The van der Waals surface area contributed by atoms with Crippen LogP contribution < -0.4 is 4.74 Å². The van der Waals surface area contributed by atoms with Crippen LogP contribution in [0.4, 0.5) is 0 Å². The second kappa shape index (κ2) is 7.17. The van der Waals surface area contributed by atoms with Gasteiger partial charge in [0.15, 0.2) is 0 Å². The number of ether oxygens (including phenoxy) is 1. The predicted octanol–water partition coefficient (Wildman–Crippen LogP) is 5.46. The smallest absolute Gasteiger partial charge is 0.137 e. The van der Waals surface area contributed by atoms with Gasteiger partial charge >= 0.3 is 0 Å². The Labute approximate surface area is 134 Å². The maximum atomic E-state index is 9.31. The summed E-state index contributed by atoms with van der Waals surface area (Å²) < 4.78 is 5.39. The number of hydrogen-bond acceptors (Lipinski definition) is 2. The minimum atomic E-state index is 0.527. The second-order valence-electron chi connectivity index (χ2n) is 4.30. The number of rotatable bonds is 4. The van der Waals surface area contributed by atoms with Crippen LogP contribution in [0.15, 0.2) is 42.5 Å². The maximum absolute atomic E-state index is 9.31. The highest BCUT2D eigenvalue weighted by molar-refractivity contribution is 6.32. The Bertz CT molecular complexity index is 700. The Morgan fingerprint density at radius 1 is 1.19 bits per heavy atom. The summed E-state index contributed by atoms with van der Waals surface area (Å²) in [6.45, 7) is 2.46. The number of halogens is 2. The highest BCUT2D eigenvalue weighted by Gasteiger charge is 2.04. The molecule has 0 aliphatic carbocycles. The highest BCUT2D eigenvalue weighted by atomic mass is 35.5. The number of hydrogen-bond donors (Lipinski definition) is 0. The summed E-state index contributed by atoms with van der Waals surface area (Å²) in [7, 11) is 0. The molecule has 0 aromatic heterocycles. The Kier molecular flexibility index (Phi) is 5.27. The zero-order valence-corrected chi connectivity index (χ0v) is 12.9. The molecule has 0 heterocycles. The van der Waals surface area contributed by atoms with Crippen molar-refractivity contribution in [1.82, 2.24) is 0 Å². The molecule has 0 radical (unpaired) electrons. The highest BCUT2D eigenvalue weighted by Crippen LogP contribution is 2.27. The van der Waals surface area contributed by atoms with Crippen molar-refractivity contribution in [2.45, 2.75) is 6.92 Å². The largest absolute Gasteiger partial charge is 0.492 e. The molecule has 4 heteroatoms. The summed E-state index contributed by atoms with van der Waals surface area (Å²) in [5.41, 5.74) is 2.20. The third-order valence-electron chi connectivity index (χ3n) is 2.84. The standard InChI is InChI=1S/C17H13Cl2NO/c1-2-21-17-8-3-12(10-16(17)19)9-14(11-20)13-4-6-15(18)7-5-13/h3-10H,2H2,1H3. The van der Waals surface area contributed by atoms with Gasteiger partial charge in [-0.25, -0.2) is 0 Å². The van der Waals surface area contributed by atoms with Crippen molar-refractivity contribution in [2.75, 3.05) is 6.61 Å².